The molecule has 3 aliphatic heterocycles. The largest absolute Gasteiger partial charge is 0.416 e. The minimum atomic E-state index is -4.38. The van der Waals surface area contributed by atoms with Gasteiger partial charge in [-0.25, -0.2) is 9.97 Å². The first kappa shape index (κ1) is 28.2. The van der Waals surface area contributed by atoms with Gasteiger partial charge in [-0.2, -0.15) is 13.2 Å². The summed E-state index contributed by atoms with van der Waals surface area (Å²) in [7, 11) is 3.90. The van der Waals surface area contributed by atoms with Gasteiger partial charge in [-0.1, -0.05) is 6.07 Å². The molecule has 11 heteroatoms. The van der Waals surface area contributed by atoms with Gasteiger partial charge in [0.2, 0.25) is 0 Å². The molecule has 1 aromatic heterocycles. The van der Waals surface area contributed by atoms with E-state index in [1.165, 1.54) is 12.4 Å². The van der Waals surface area contributed by atoms with Gasteiger partial charge >= 0.3 is 6.18 Å². The molecule has 1 aromatic carbocycles. The van der Waals surface area contributed by atoms with Crippen molar-refractivity contribution in [3.05, 3.63) is 52.5 Å². The van der Waals surface area contributed by atoms with Crippen LogP contribution in [0.15, 0.2) is 24.5 Å². The molecule has 2 aromatic rings. The maximum absolute atomic E-state index is 13.3. The third kappa shape index (κ3) is 5.92. The number of methoxy groups -OCH3 is 1. The van der Waals surface area contributed by atoms with E-state index < -0.39 is 18.0 Å². The summed E-state index contributed by atoms with van der Waals surface area (Å²) in [5.74, 6) is 0.654. The lowest BCUT2D eigenvalue weighted by molar-refractivity contribution is -0.137. The van der Waals surface area contributed by atoms with Crippen molar-refractivity contribution in [2.75, 3.05) is 51.9 Å². The fourth-order valence-electron chi connectivity index (χ4n) is 6.32. The predicted octanol–water partition coefficient (Wildman–Crippen LogP) is 3.56. The number of benzene rings is 1. The van der Waals surface area contributed by atoms with Gasteiger partial charge in [0.1, 0.15) is 12.1 Å². The normalized spacial score (nSPS) is 24.2. The number of halogens is 3. The Labute approximate surface area is 227 Å². The molecule has 1 N–H and O–H groups in total. The summed E-state index contributed by atoms with van der Waals surface area (Å²) in [6, 6.07) is 4.68. The number of anilines is 1. The number of nitrogens with zero attached hydrogens (tertiary/aromatic N) is 5. The molecule has 39 heavy (non-hydrogen) atoms. The Hall–Kier alpha value is -2.31. The van der Waals surface area contributed by atoms with Gasteiger partial charge in [0.25, 0.3) is 0 Å². The zero-order valence-electron chi connectivity index (χ0n) is 22.8. The van der Waals surface area contributed by atoms with Gasteiger partial charge in [-0.05, 0) is 62.9 Å². The smallest absolute Gasteiger partial charge is 0.379 e. The summed E-state index contributed by atoms with van der Waals surface area (Å²) in [6.45, 7) is 5.67. The Balaban J connectivity index is 1.25. The van der Waals surface area contributed by atoms with Crippen LogP contribution in [0.3, 0.4) is 0 Å². The average molecular weight is 550 g/mol. The number of aliphatic hydroxyl groups is 1. The van der Waals surface area contributed by atoms with Crippen molar-refractivity contribution in [2.45, 2.75) is 69.7 Å². The number of fused-ring (bicyclic) bond motifs is 1. The highest BCUT2D eigenvalue weighted by atomic mass is 19.4. The number of likely N-dealkylation sites (N-methyl/N-ethyl adjacent to an activating group) is 1. The molecule has 0 bridgehead atoms. The average Bonchev–Trinajstić information content (AvgIpc) is 2.95. The predicted molar refractivity (Wildman–Crippen MR) is 140 cm³/mol. The number of aromatic nitrogens is 2. The van der Waals surface area contributed by atoms with E-state index in [2.05, 4.69) is 21.9 Å². The zero-order chi connectivity index (χ0) is 27.7. The summed E-state index contributed by atoms with van der Waals surface area (Å²) in [5.41, 5.74) is 2.25. The molecule has 2 saturated heterocycles. The molecule has 0 saturated carbocycles. The maximum atomic E-state index is 13.3. The van der Waals surface area contributed by atoms with Gasteiger partial charge < -0.3 is 19.5 Å². The van der Waals surface area contributed by atoms with E-state index in [9.17, 15) is 18.3 Å². The Morgan fingerprint density at radius 3 is 2.62 bits per heavy atom. The first-order valence-electron chi connectivity index (χ1n) is 13.7. The van der Waals surface area contributed by atoms with Crippen LogP contribution in [0, 0.1) is 6.92 Å². The van der Waals surface area contributed by atoms with E-state index in [1.54, 1.807) is 13.2 Å². The maximum Gasteiger partial charge on any atom is 0.416 e. The minimum Gasteiger partial charge on any atom is -0.379 e. The van der Waals surface area contributed by atoms with Crippen molar-refractivity contribution in [3.63, 3.8) is 0 Å². The second-order valence-corrected chi connectivity index (χ2v) is 10.9. The first-order chi connectivity index (χ1) is 18.7. The lowest BCUT2D eigenvalue weighted by Crippen LogP contribution is -2.54. The summed E-state index contributed by atoms with van der Waals surface area (Å²) >= 11 is 0. The topological polar surface area (TPSA) is 74.2 Å². The molecule has 214 valence electrons. The fourth-order valence-corrected chi connectivity index (χ4v) is 6.32. The second kappa shape index (κ2) is 11.7. The highest BCUT2D eigenvalue weighted by molar-refractivity contribution is 5.51. The van der Waals surface area contributed by atoms with E-state index in [4.69, 9.17) is 9.47 Å². The quantitative estimate of drug-likeness (QED) is 0.587. The number of hydrogen-bond donors (Lipinski definition) is 1. The highest BCUT2D eigenvalue weighted by Crippen LogP contribution is 2.35. The van der Waals surface area contributed by atoms with E-state index in [1.807, 2.05) is 16.7 Å². The van der Waals surface area contributed by atoms with Crippen molar-refractivity contribution in [1.29, 1.82) is 0 Å². The molecule has 8 nitrogen and oxygen atoms in total. The number of rotatable bonds is 6. The third-order valence-corrected chi connectivity index (χ3v) is 8.70. The van der Waals surface area contributed by atoms with Crippen molar-refractivity contribution in [2.24, 2.45) is 0 Å². The van der Waals surface area contributed by atoms with Crippen LogP contribution in [0.2, 0.25) is 0 Å². The molecule has 4 heterocycles. The molecule has 0 amide bonds. The fraction of sp³-hybridized carbons (Fsp3) is 0.643. The molecular weight excluding hydrogens is 511 g/mol. The van der Waals surface area contributed by atoms with Crippen molar-refractivity contribution in [3.8, 4) is 0 Å². The molecule has 0 spiro atoms. The molecule has 0 radical (unpaired) electrons. The molecule has 3 aliphatic rings. The van der Waals surface area contributed by atoms with Crippen LogP contribution in [0.25, 0.3) is 0 Å². The molecule has 0 aliphatic carbocycles. The number of hydrogen-bond acceptors (Lipinski definition) is 8. The van der Waals surface area contributed by atoms with Crippen LogP contribution in [0.1, 0.15) is 53.4 Å². The lowest BCUT2D eigenvalue weighted by atomic mass is 9.96. The van der Waals surface area contributed by atoms with Gasteiger partial charge in [-0.3, -0.25) is 9.80 Å². The zero-order valence-corrected chi connectivity index (χ0v) is 22.8. The number of aliphatic hydroxyl groups excluding tert-OH is 1. The monoisotopic (exact) mass is 549 g/mol. The summed E-state index contributed by atoms with van der Waals surface area (Å²) in [5, 5.41) is 11.3. The SMILES string of the molecule is COC1COCCC1N(C)C1CCN(C(O)c2ncnc(N3CCc4ccc(C(F)(F)F)cc4C3)c2C)CC1. The van der Waals surface area contributed by atoms with E-state index in [-0.39, 0.29) is 6.10 Å². The molecule has 3 atom stereocenters. The van der Waals surface area contributed by atoms with Gasteiger partial charge in [0.15, 0.2) is 6.23 Å². The molecular formula is C28H38F3N5O3. The Morgan fingerprint density at radius 2 is 1.90 bits per heavy atom. The molecule has 5 rings (SSSR count). The second-order valence-electron chi connectivity index (χ2n) is 10.9. The van der Waals surface area contributed by atoms with Crippen LogP contribution >= 0.6 is 0 Å². The number of ether oxygens (including phenoxy) is 2. The standard InChI is InChI=1S/C28H38F3N5O3/c1-18-25(27(37)35-11-7-22(8-12-35)34(2)23-9-13-39-16-24(23)38-3)32-17-33-26(18)36-10-6-19-4-5-21(28(29,30)31)14-20(19)15-36/h4-5,14,17,22-24,27,37H,6-13,15-16H2,1-3H3. The van der Waals surface area contributed by atoms with E-state index in [0.717, 1.165) is 56.2 Å². The number of alkyl halides is 3. The van der Waals surface area contributed by atoms with Crippen LogP contribution in [-0.2, 0) is 28.6 Å². The first-order valence-corrected chi connectivity index (χ1v) is 13.7. The van der Waals surface area contributed by atoms with Gasteiger partial charge in [-0.15, -0.1) is 0 Å². The number of likely N-dealkylation sites (tertiary alicyclic amines) is 1. The van der Waals surface area contributed by atoms with Crippen LogP contribution < -0.4 is 4.90 Å². The Kier molecular flexibility index (Phi) is 8.44. The summed E-state index contributed by atoms with van der Waals surface area (Å²) in [4.78, 5) is 15.4. The lowest BCUT2D eigenvalue weighted by Gasteiger charge is -2.44. The van der Waals surface area contributed by atoms with E-state index in [0.29, 0.717) is 55.3 Å². The molecule has 2 fully saturated rings. The highest BCUT2D eigenvalue weighted by Gasteiger charge is 2.36. The summed E-state index contributed by atoms with van der Waals surface area (Å²) < 4.78 is 51.1. The Bertz CT molecular complexity index is 1140. The number of piperidine rings is 1. The van der Waals surface area contributed by atoms with Gasteiger partial charge in [0.05, 0.1) is 24.0 Å². The minimum absolute atomic E-state index is 0.0660. The van der Waals surface area contributed by atoms with Crippen molar-refractivity contribution in [1.82, 2.24) is 19.8 Å². The Morgan fingerprint density at radius 1 is 1.13 bits per heavy atom. The van der Waals surface area contributed by atoms with Crippen LogP contribution in [0.4, 0.5) is 19.0 Å². The van der Waals surface area contributed by atoms with Gasteiger partial charge in [0, 0.05) is 57.5 Å². The van der Waals surface area contributed by atoms with Crippen molar-refractivity contribution < 1.29 is 27.8 Å². The van der Waals surface area contributed by atoms with E-state index >= 15 is 0 Å². The van der Waals surface area contributed by atoms with Crippen LogP contribution in [-0.4, -0.2) is 90.1 Å². The molecule has 3 unspecified atom stereocenters. The van der Waals surface area contributed by atoms with Crippen molar-refractivity contribution >= 4 is 5.82 Å². The third-order valence-electron chi connectivity index (χ3n) is 8.70. The van der Waals surface area contributed by atoms with Crippen LogP contribution in [0.5, 0.6) is 0 Å². The summed E-state index contributed by atoms with van der Waals surface area (Å²) in [6.07, 6.45) is -0.326.